The van der Waals surface area contributed by atoms with Crippen molar-refractivity contribution in [3.8, 4) is 0 Å². The van der Waals surface area contributed by atoms with E-state index >= 15 is 0 Å². The van der Waals surface area contributed by atoms with Gasteiger partial charge in [-0.25, -0.2) is 4.79 Å². The summed E-state index contributed by atoms with van der Waals surface area (Å²) in [5, 5.41) is 0. The predicted octanol–water partition coefficient (Wildman–Crippen LogP) is 1.86. The van der Waals surface area contributed by atoms with Gasteiger partial charge in [0.05, 0.1) is 0 Å². The summed E-state index contributed by atoms with van der Waals surface area (Å²) in [6, 6.07) is 1.48. The van der Waals surface area contributed by atoms with E-state index in [9.17, 15) is 9.59 Å². The van der Waals surface area contributed by atoms with Crippen LogP contribution < -0.4 is 11.2 Å². The molecule has 0 aliphatic carbocycles. The van der Waals surface area contributed by atoms with E-state index in [4.69, 9.17) is 0 Å². The molecule has 0 spiro atoms. The Morgan fingerprint density at radius 2 is 1.94 bits per heavy atom. The third-order valence-corrected chi connectivity index (χ3v) is 2.88. The van der Waals surface area contributed by atoms with Gasteiger partial charge in [0, 0.05) is 25.4 Å². The van der Waals surface area contributed by atoms with Crippen LogP contribution in [0.1, 0.15) is 40.0 Å². The van der Waals surface area contributed by atoms with Crippen molar-refractivity contribution in [2.45, 2.75) is 53.1 Å². The van der Waals surface area contributed by atoms with Crippen LogP contribution in [0.4, 0.5) is 0 Å². The molecule has 0 aliphatic heterocycles. The van der Waals surface area contributed by atoms with Gasteiger partial charge in [-0.2, -0.15) is 0 Å². The van der Waals surface area contributed by atoms with E-state index in [1.165, 1.54) is 10.6 Å². The maximum atomic E-state index is 12.0. The lowest BCUT2D eigenvalue weighted by atomic mass is 10.1. The van der Waals surface area contributed by atoms with E-state index in [-0.39, 0.29) is 11.2 Å². The normalized spacial score (nSPS) is 12.6. The van der Waals surface area contributed by atoms with Crippen molar-refractivity contribution in [2.75, 3.05) is 0 Å². The minimum absolute atomic E-state index is 0.178. The van der Waals surface area contributed by atoms with Gasteiger partial charge >= 0.3 is 5.69 Å². The van der Waals surface area contributed by atoms with Gasteiger partial charge in [0.2, 0.25) is 0 Å². The molecule has 1 aromatic heterocycles. The molecule has 1 rings (SSSR count). The van der Waals surface area contributed by atoms with Crippen molar-refractivity contribution < 1.29 is 0 Å². The molecule has 1 heterocycles. The summed E-state index contributed by atoms with van der Waals surface area (Å²) in [6.07, 6.45) is 4.60. The number of hydrogen-bond acceptors (Lipinski definition) is 2. The molecule has 96 valence electrons. The summed E-state index contributed by atoms with van der Waals surface area (Å²) >= 11 is 0. The van der Waals surface area contributed by atoms with Crippen molar-refractivity contribution in [3.05, 3.63) is 33.1 Å². The zero-order chi connectivity index (χ0) is 12.8. The van der Waals surface area contributed by atoms with E-state index in [1.54, 1.807) is 10.8 Å². The first kappa shape index (κ1) is 13.7. The van der Waals surface area contributed by atoms with Crippen LogP contribution in [0.2, 0.25) is 0 Å². The summed E-state index contributed by atoms with van der Waals surface area (Å²) < 4.78 is 2.97. The molecule has 1 unspecified atom stereocenters. The van der Waals surface area contributed by atoms with Gasteiger partial charge in [-0.1, -0.05) is 27.2 Å². The lowest BCUT2D eigenvalue weighted by molar-refractivity contribution is 0.414. The van der Waals surface area contributed by atoms with Gasteiger partial charge in [0.1, 0.15) is 0 Å². The molecule has 0 radical (unpaired) electrons. The summed E-state index contributed by atoms with van der Waals surface area (Å²) in [4.78, 5) is 23.7. The average Bonchev–Trinajstić information content (AvgIpc) is 2.29. The minimum atomic E-state index is -0.190. The molecule has 0 fully saturated rings. The van der Waals surface area contributed by atoms with Crippen LogP contribution in [0, 0.1) is 5.92 Å². The van der Waals surface area contributed by atoms with Gasteiger partial charge < -0.3 is 4.57 Å². The molecule has 1 aromatic rings. The van der Waals surface area contributed by atoms with Gasteiger partial charge in [-0.15, -0.1) is 0 Å². The van der Waals surface area contributed by atoms with Crippen molar-refractivity contribution in [2.24, 2.45) is 5.92 Å². The Kier molecular flexibility index (Phi) is 5.19. The highest BCUT2D eigenvalue weighted by atomic mass is 16.2. The van der Waals surface area contributed by atoms with E-state index in [0.717, 1.165) is 19.3 Å². The molecular weight excluding hydrogens is 216 g/mol. The highest BCUT2D eigenvalue weighted by Gasteiger charge is 2.08. The lowest BCUT2D eigenvalue weighted by Gasteiger charge is -2.13. The van der Waals surface area contributed by atoms with Crippen molar-refractivity contribution in [1.29, 1.82) is 0 Å². The fourth-order valence-electron chi connectivity index (χ4n) is 2.03. The van der Waals surface area contributed by atoms with E-state index in [1.807, 2.05) is 6.92 Å². The fourth-order valence-corrected chi connectivity index (χ4v) is 2.03. The minimum Gasteiger partial charge on any atom is -0.300 e. The molecule has 0 N–H and O–H groups in total. The maximum Gasteiger partial charge on any atom is 0.330 e. The molecule has 0 aromatic carbocycles. The largest absolute Gasteiger partial charge is 0.330 e. The van der Waals surface area contributed by atoms with Crippen LogP contribution >= 0.6 is 0 Å². The van der Waals surface area contributed by atoms with Crippen LogP contribution in [0.5, 0.6) is 0 Å². The molecule has 0 saturated heterocycles. The van der Waals surface area contributed by atoms with Gasteiger partial charge in [-0.05, 0) is 18.8 Å². The van der Waals surface area contributed by atoms with E-state index in [0.29, 0.717) is 19.0 Å². The molecule has 4 nitrogen and oxygen atoms in total. The topological polar surface area (TPSA) is 44.0 Å². The van der Waals surface area contributed by atoms with E-state index in [2.05, 4.69) is 13.8 Å². The molecular formula is C13H22N2O2. The first-order valence-electron chi connectivity index (χ1n) is 6.40. The Balaban J connectivity index is 3.01. The van der Waals surface area contributed by atoms with Gasteiger partial charge in [0.25, 0.3) is 5.56 Å². The van der Waals surface area contributed by atoms with Crippen LogP contribution in [0.25, 0.3) is 0 Å². The monoisotopic (exact) mass is 238 g/mol. The molecule has 17 heavy (non-hydrogen) atoms. The van der Waals surface area contributed by atoms with Gasteiger partial charge in [-0.3, -0.25) is 9.36 Å². The van der Waals surface area contributed by atoms with Gasteiger partial charge in [0.15, 0.2) is 0 Å². The van der Waals surface area contributed by atoms with E-state index < -0.39 is 0 Å². The smallest absolute Gasteiger partial charge is 0.300 e. The number of aryl methyl sites for hydroxylation is 1. The summed E-state index contributed by atoms with van der Waals surface area (Å²) in [5.74, 6) is 0.364. The maximum absolute atomic E-state index is 12.0. The second-order valence-electron chi connectivity index (χ2n) is 4.63. The van der Waals surface area contributed by atoms with Crippen LogP contribution in [0.15, 0.2) is 21.9 Å². The first-order chi connectivity index (χ1) is 8.10. The Morgan fingerprint density at radius 1 is 1.24 bits per heavy atom. The molecule has 0 saturated carbocycles. The number of aromatic nitrogens is 2. The average molecular weight is 238 g/mol. The Morgan fingerprint density at radius 3 is 2.53 bits per heavy atom. The lowest BCUT2D eigenvalue weighted by Crippen LogP contribution is -2.40. The Bertz CT molecular complexity index is 459. The molecule has 0 aliphatic rings. The second kappa shape index (κ2) is 6.42. The number of hydrogen-bond donors (Lipinski definition) is 0. The summed E-state index contributed by atoms with van der Waals surface area (Å²) in [5.41, 5.74) is -0.368. The van der Waals surface area contributed by atoms with Crippen molar-refractivity contribution in [3.63, 3.8) is 0 Å². The quantitative estimate of drug-likeness (QED) is 0.759. The summed E-state index contributed by atoms with van der Waals surface area (Å²) in [6.45, 7) is 7.39. The zero-order valence-corrected chi connectivity index (χ0v) is 11.0. The van der Waals surface area contributed by atoms with Crippen LogP contribution in [-0.2, 0) is 13.1 Å². The molecule has 4 heteroatoms. The first-order valence-corrected chi connectivity index (χ1v) is 6.40. The molecule has 0 bridgehead atoms. The third-order valence-electron chi connectivity index (χ3n) is 2.88. The fraction of sp³-hybridized carbons (Fsp3) is 0.692. The Labute approximate surface area is 102 Å². The predicted molar refractivity (Wildman–Crippen MR) is 69.3 cm³/mol. The third kappa shape index (κ3) is 3.58. The number of rotatable bonds is 6. The van der Waals surface area contributed by atoms with Crippen LogP contribution in [-0.4, -0.2) is 9.13 Å². The van der Waals surface area contributed by atoms with Crippen molar-refractivity contribution >= 4 is 0 Å². The SMILES string of the molecule is CCCC(C)Cn1c(=O)ccn(CCC)c1=O. The molecule has 0 amide bonds. The number of nitrogens with zero attached hydrogens (tertiary/aromatic N) is 2. The second-order valence-corrected chi connectivity index (χ2v) is 4.63. The Hall–Kier alpha value is -1.32. The molecule has 1 atom stereocenters. The highest BCUT2D eigenvalue weighted by Crippen LogP contribution is 2.05. The standard InChI is InChI=1S/C13H22N2O2/c1-4-6-11(3)10-15-12(16)7-9-14(8-5-2)13(15)17/h7,9,11H,4-6,8,10H2,1-3H3. The zero-order valence-electron chi connectivity index (χ0n) is 11.0. The highest BCUT2D eigenvalue weighted by molar-refractivity contribution is 4.86. The van der Waals surface area contributed by atoms with Crippen LogP contribution in [0.3, 0.4) is 0 Å². The summed E-state index contributed by atoms with van der Waals surface area (Å²) in [7, 11) is 0. The van der Waals surface area contributed by atoms with Crippen molar-refractivity contribution in [1.82, 2.24) is 9.13 Å².